The summed E-state index contributed by atoms with van der Waals surface area (Å²) in [5.74, 6) is 0.722. The van der Waals surface area contributed by atoms with Crippen molar-refractivity contribution >= 4 is 16.9 Å². The van der Waals surface area contributed by atoms with Crippen LogP contribution in [-0.2, 0) is 0 Å². The van der Waals surface area contributed by atoms with Crippen molar-refractivity contribution in [1.29, 1.82) is 5.26 Å². The van der Waals surface area contributed by atoms with Crippen molar-refractivity contribution < 1.29 is 0 Å². The fourth-order valence-electron chi connectivity index (χ4n) is 1.93. The molecule has 0 aromatic rings. The summed E-state index contributed by atoms with van der Waals surface area (Å²) in [7, 11) is 0. The highest BCUT2D eigenvalue weighted by molar-refractivity contribution is 8.13. The van der Waals surface area contributed by atoms with Gasteiger partial charge in [0.25, 0.3) is 0 Å². The first kappa shape index (κ1) is 13.3. The van der Waals surface area contributed by atoms with Gasteiger partial charge in [0, 0.05) is 32.7 Å². The van der Waals surface area contributed by atoms with Crippen LogP contribution in [0.2, 0.25) is 0 Å². The summed E-state index contributed by atoms with van der Waals surface area (Å²) in [5.41, 5.74) is 0. The molecule has 1 aliphatic rings. The third-order valence-electron chi connectivity index (χ3n) is 2.59. The molecule has 0 saturated carbocycles. The molecular weight excluding hydrogens is 220 g/mol. The third-order valence-corrected chi connectivity index (χ3v) is 3.31. The number of aliphatic imine (C=N–C) groups is 1. The van der Waals surface area contributed by atoms with Crippen LogP contribution in [0.5, 0.6) is 0 Å². The van der Waals surface area contributed by atoms with E-state index in [4.69, 9.17) is 5.26 Å². The molecular formula is C11H20N4S. The zero-order valence-corrected chi connectivity index (χ0v) is 11.1. The standard InChI is InChI=1S/C11H20N4S/c1-10(2)8-14-4-6-15(7-5-14)11(16-3)13-9-12/h10H,4-8H2,1-3H3. The molecule has 0 N–H and O–H groups in total. The van der Waals surface area contributed by atoms with E-state index in [0.29, 0.717) is 0 Å². The highest BCUT2D eigenvalue weighted by Crippen LogP contribution is 2.10. The van der Waals surface area contributed by atoms with Crippen molar-refractivity contribution in [1.82, 2.24) is 9.80 Å². The monoisotopic (exact) mass is 240 g/mol. The van der Waals surface area contributed by atoms with Crippen molar-refractivity contribution in [3.05, 3.63) is 0 Å². The molecule has 0 spiro atoms. The second kappa shape index (κ2) is 6.77. The van der Waals surface area contributed by atoms with Gasteiger partial charge in [-0.05, 0) is 12.2 Å². The molecule has 0 aromatic carbocycles. The lowest BCUT2D eigenvalue weighted by atomic mass is 10.2. The zero-order chi connectivity index (χ0) is 12.0. The van der Waals surface area contributed by atoms with Crippen LogP contribution >= 0.6 is 11.8 Å². The van der Waals surface area contributed by atoms with Crippen LogP contribution in [0.4, 0.5) is 0 Å². The molecule has 1 saturated heterocycles. The number of thioether (sulfide) groups is 1. The van der Waals surface area contributed by atoms with E-state index in [9.17, 15) is 0 Å². The van der Waals surface area contributed by atoms with E-state index in [1.54, 1.807) is 11.8 Å². The Morgan fingerprint density at radius 3 is 2.44 bits per heavy atom. The molecule has 0 aliphatic carbocycles. The van der Waals surface area contributed by atoms with Gasteiger partial charge in [0.2, 0.25) is 6.19 Å². The second-order valence-electron chi connectivity index (χ2n) is 4.38. The fourth-order valence-corrected chi connectivity index (χ4v) is 2.50. The van der Waals surface area contributed by atoms with Gasteiger partial charge in [0.05, 0.1) is 0 Å². The van der Waals surface area contributed by atoms with Gasteiger partial charge in [0.1, 0.15) is 0 Å². The number of nitrogens with zero attached hydrogens (tertiary/aromatic N) is 4. The van der Waals surface area contributed by atoms with Gasteiger partial charge in [-0.25, -0.2) is 0 Å². The Labute approximate surface area is 102 Å². The topological polar surface area (TPSA) is 42.6 Å². The molecule has 90 valence electrons. The van der Waals surface area contributed by atoms with E-state index >= 15 is 0 Å². The Kier molecular flexibility index (Phi) is 5.64. The highest BCUT2D eigenvalue weighted by Gasteiger charge is 2.19. The van der Waals surface area contributed by atoms with Crippen LogP contribution in [0, 0.1) is 17.4 Å². The van der Waals surface area contributed by atoms with E-state index in [0.717, 1.165) is 43.8 Å². The van der Waals surface area contributed by atoms with Gasteiger partial charge >= 0.3 is 0 Å². The summed E-state index contributed by atoms with van der Waals surface area (Å²) in [6, 6.07) is 0. The lowest BCUT2D eigenvalue weighted by Gasteiger charge is -2.36. The predicted molar refractivity (Wildman–Crippen MR) is 69.4 cm³/mol. The zero-order valence-electron chi connectivity index (χ0n) is 10.3. The minimum absolute atomic E-state index is 0.722. The van der Waals surface area contributed by atoms with Crippen molar-refractivity contribution in [2.75, 3.05) is 39.0 Å². The Hall–Kier alpha value is -0.730. The van der Waals surface area contributed by atoms with E-state index in [-0.39, 0.29) is 0 Å². The maximum Gasteiger partial charge on any atom is 0.208 e. The number of hydrogen-bond acceptors (Lipinski definition) is 4. The van der Waals surface area contributed by atoms with Crippen molar-refractivity contribution in [2.24, 2.45) is 10.9 Å². The van der Waals surface area contributed by atoms with E-state index < -0.39 is 0 Å². The predicted octanol–water partition coefficient (Wildman–Crippen LogP) is 1.46. The molecule has 0 aromatic heterocycles. The highest BCUT2D eigenvalue weighted by atomic mass is 32.2. The summed E-state index contributed by atoms with van der Waals surface area (Å²) in [4.78, 5) is 8.52. The Bertz CT molecular complexity index is 274. The average molecular weight is 240 g/mol. The average Bonchev–Trinajstić information content (AvgIpc) is 2.26. The van der Waals surface area contributed by atoms with Crippen LogP contribution in [0.1, 0.15) is 13.8 Å². The van der Waals surface area contributed by atoms with Crippen LogP contribution in [0.25, 0.3) is 0 Å². The normalized spacial score (nSPS) is 18.9. The Morgan fingerprint density at radius 1 is 1.38 bits per heavy atom. The number of amidine groups is 1. The van der Waals surface area contributed by atoms with Gasteiger partial charge in [-0.2, -0.15) is 5.26 Å². The maximum absolute atomic E-state index is 8.58. The van der Waals surface area contributed by atoms with E-state index in [1.807, 2.05) is 12.4 Å². The number of piperazine rings is 1. The summed E-state index contributed by atoms with van der Waals surface area (Å²) < 4.78 is 0. The van der Waals surface area contributed by atoms with Crippen LogP contribution in [0.3, 0.4) is 0 Å². The second-order valence-corrected chi connectivity index (χ2v) is 5.15. The molecule has 16 heavy (non-hydrogen) atoms. The lowest BCUT2D eigenvalue weighted by Crippen LogP contribution is -2.48. The molecule has 4 nitrogen and oxygen atoms in total. The Morgan fingerprint density at radius 2 is 2.00 bits per heavy atom. The van der Waals surface area contributed by atoms with Gasteiger partial charge in [-0.3, -0.25) is 4.90 Å². The first-order valence-electron chi connectivity index (χ1n) is 5.65. The first-order chi connectivity index (χ1) is 7.67. The third kappa shape index (κ3) is 4.03. The molecule has 5 heteroatoms. The molecule has 0 unspecified atom stereocenters. The molecule has 0 bridgehead atoms. The molecule has 1 fully saturated rings. The van der Waals surface area contributed by atoms with Crippen molar-refractivity contribution in [3.63, 3.8) is 0 Å². The fraction of sp³-hybridized carbons (Fsp3) is 0.818. The number of hydrogen-bond donors (Lipinski definition) is 0. The molecule has 0 amide bonds. The van der Waals surface area contributed by atoms with Crippen molar-refractivity contribution in [3.8, 4) is 6.19 Å². The van der Waals surface area contributed by atoms with Crippen molar-refractivity contribution in [2.45, 2.75) is 13.8 Å². The van der Waals surface area contributed by atoms with Crippen LogP contribution < -0.4 is 0 Å². The molecule has 1 aliphatic heterocycles. The molecule has 1 rings (SSSR count). The smallest absolute Gasteiger partial charge is 0.208 e. The lowest BCUT2D eigenvalue weighted by molar-refractivity contribution is 0.168. The minimum Gasteiger partial charge on any atom is -0.348 e. The molecule has 0 atom stereocenters. The largest absolute Gasteiger partial charge is 0.348 e. The van der Waals surface area contributed by atoms with Gasteiger partial charge in [-0.15, -0.1) is 4.99 Å². The number of nitriles is 1. The number of rotatable bonds is 2. The SMILES string of the molecule is CSC(=NC#N)N1CCN(CC(C)C)CC1. The quantitative estimate of drug-likeness (QED) is 0.416. The van der Waals surface area contributed by atoms with Gasteiger partial charge in [0.15, 0.2) is 5.17 Å². The summed E-state index contributed by atoms with van der Waals surface area (Å²) in [6.07, 6.45) is 3.84. The molecule has 1 heterocycles. The van der Waals surface area contributed by atoms with Crippen LogP contribution in [0.15, 0.2) is 4.99 Å². The van der Waals surface area contributed by atoms with Gasteiger partial charge < -0.3 is 4.90 Å². The minimum atomic E-state index is 0.722. The Balaban J connectivity index is 2.42. The summed E-state index contributed by atoms with van der Waals surface area (Å²) in [5, 5.41) is 9.43. The first-order valence-corrected chi connectivity index (χ1v) is 6.88. The summed E-state index contributed by atoms with van der Waals surface area (Å²) >= 11 is 1.55. The van der Waals surface area contributed by atoms with E-state index in [1.165, 1.54) is 0 Å². The van der Waals surface area contributed by atoms with E-state index in [2.05, 4.69) is 28.6 Å². The summed E-state index contributed by atoms with van der Waals surface area (Å²) in [6.45, 7) is 9.76. The maximum atomic E-state index is 8.58. The van der Waals surface area contributed by atoms with Gasteiger partial charge in [-0.1, -0.05) is 25.6 Å². The van der Waals surface area contributed by atoms with Crippen LogP contribution in [-0.4, -0.2) is 53.9 Å². The molecule has 0 radical (unpaired) electrons.